The molecule has 0 saturated carbocycles. The number of nitrogens with zero attached hydrogens (tertiary/aromatic N) is 3. The first-order valence-corrected chi connectivity index (χ1v) is 21.5. The Morgan fingerprint density at radius 2 is 0.905 bits per heavy atom. The summed E-state index contributed by atoms with van der Waals surface area (Å²) >= 11 is 0. The number of hydrogen-bond acceptors (Lipinski definition) is 3. The lowest BCUT2D eigenvalue weighted by Crippen LogP contribution is -2.37. The van der Waals surface area contributed by atoms with Crippen molar-refractivity contribution in [3.8, 4) is 33.4 Å². The molecule has 4 heteroatoms. The van der Waals surface area contributed by atoms with Crippen LogP contribution in [0.5, 0.6) is 0 Å². The van der Waals surface area contributed by atoms with E-state index in [1.807, 2.05) is 65.5 Å². The van der Waals surface area contributed by atoms with Gasteiger partial charge < -0.3 is 9.67 Å². The summed E-state index contributed by atoms with van der Waals surface area (Å²) in [4.78, 5) is 9.64. The summed E-state index contributed by atoms with van der Waals surface area (Å²) in [6.45, 7) is 0. The van der Waals surface area contributed by atoms with Crippen LogP contribution in [0.1, 0.15) is 55.8 Å². The van der Waals surface area contributed by atoms with Gasteiger partial charge in [-0.25, -0.2) is 4.98 Å². The standard InChI is InChI=1S/C59H41N3O/c63-59(62-37-36-60-40-62,55-33-13-4-24-46(55)41-18-2-1-3-19-41)45-23-17-21-43(39-45)57(51-29-9-5-25-47(51)48-26-6-10-30-52(48)57)42-20-16-22-44(38-42)58(56-34-14-15-35-61-56)53-31-11-7-27-49(53)50-28-8-12-32-54(50)58/h1-40,63H. The summed E-state index contributed by atoms with van der Waals surface area (Å²) in [5.74, 6) is 0. The lowest BCUT2D eigenvalue weighted by atomic mass is 9.64. The van der Waals surface area contributed by atoms with Crippen LogP contribution in [0.15, 0.2) is 243 Å². The normalized spacial score (nSPS) is 14.8. The largest absolute Gasteiger partial charge is 0.363 e. The van der Waals surface area contributed by atoms with Gasteiger partial charge in [-0.05, 0) is 90.5 Å². The predicted molar refractivity (Wildman–Crippen MR) is 251 cm³/mol. The molecule has 0 saturated heterocycles. The van der Waals surface area contributed by atoms with Gasteiger partial charge in [-0.15, -0.1) is 0 Å². The minimum atomic E-state index is -1.63. The molecule has 2 heterocycles. The van der Waals surface area contributed by atoms with Crippen LogP contribution in [0.25, 0.3) is 33.4 Å². The molecule has 0 radical (unpaired) electrons. The molecule has 2 aliphatic rings. The summed E-state index contributed by atoms with van der Waals surface area (Å²) in [6.07, 6.45) is 7.20. The first-order chi connectivity index (χ1) is 31.1. The van der Waals surface area contributed by atoms with Crippen LogP contribution in [-0.4, -0.2) is 19.6 Å². The van der Waals surface area contributed by atoms with Crippen molar-refractivity contribution in [2.45, 2.75) is 16.6 Å². The summed E-state index contributed by atoms with van der Waals surface area (Å²) < 4.78 is 1.82. The summed E-state index contributed by atoms with van der Waals surface area (Å²) in [5.41, 5.74) is 14.3. The van der Waals surface area contributed by atoms with Gasteiger partial charge in [0.1, 0.15) is 0 Å². The predicted octanol–water partition coefficient (Wildman–Crippen LogP) is 12.4. The Balaban J connectivity index is 1.16. The molecule has 0 bridgehead atoms. The zero-order valence-electron chi connectivity index (χ0n) is 34.4. The Bertz CT molecular complexity index is 3230. The summed E-state index contributed by atoms with van der Waals surface area (Å²) in [5, 5.41) is 13.6. The van der Waals surface area contributed by atoms with Gasteiger partial charge >= 0.3 is 0 Å². The molecule has 12 rings (SSSR count). The highest BCUT2D eigenvalue weighted by atomic mass is 16.3. The molecule has 63 heavy (non-hydrogen) atoms. The van der Waals surface area contributed by atoms with Gasteiger partial charge in [0.25, 0.3) is 0 Å². The van der Waals surface area contributed by atoms with E-state index in [0.717, 1.165) is 44.6 Å². The van der Waals surface area contributed by atoms with Gasteiger partial charge in [-0.3, -0.25) is 4.98 Å². The number of pyridine rings is 1. The van der Waals surface area contributed by atoms with Crippen molar-refractivity contribution in [3.63, 3.8) is 0 Å². The van der Waals surface area contributed by atoms with Crippen LogP contribution >= 0.6 is 0 Å². The van der Waals surface area contributed by atoms with Crippen molar-refractivity contribution in [2.24, 2.45) is 0 Å². The van der Waals surface area contributed by atoms with Crippen molar-refractivity contribution in [3.05, 3.63) is 299 Å². The number of fused-ring (bicyclic) bond motifs is 6. The lowest BCUT2D eigenvalue weighted by molar-refractivity contribution is 0.0490. The van der Waals surface area contributed by atoms with Crippen molar-refractivity contribution in [1.82, 2.24) is 14.5 Å². The molecular weight excluding hydrogens is 767 g/mol. The quantitative estimate of drug-likeness (QED) is 0.166. The maximum absolute atomic E-state index is 13.6. The van der Waals surface area contributed by atoms with Crippen molar-refractivity contribution in [2.75, 3.05) is 0 Å². The SMILES string of the molecule is OC(c1cccc(C2(c3cccc(C4(c5ccccn5)c5ccccc5-c5ccccc54)c3)c3ccccc3-c3ccccc32)c1)(c1ccccc1-c1ccccc1)n1ccnc1. The molecule has 4 nitrogen and oxygen atoms in total. The van der Waals surface area contributed by atoms with Crippen LogP contribution < -0.4 is 0 Å². The highest BCUT2D eigenvalue weighted by Crippen LogP contribution is 2.59. The molecule has 2 aromatic heterocycles. The third-order valence-electron chi connectivity index (χ3n) is 13.6. The third kappa shape index (κ3) is 5.19. The molecule has 10 aromatic rings. The Labute approximate surface area is 367 Å². The van der Waals surface area contributed by atoms with Gasteiger partial charge in [-0.2, -0.15) is 0 Å². The van der Waals surface area contributed by atoms with E-state index in [4.69, 9.17) is 4.98 Å². The minimum absolute atomic E-state index is 0.687. The zero-order chi connectivity index (χ0) is 42.0. The van der Waals surface area contributed by atoms with E-state index in [1.165, 1.54) is 44.5 Å². The molecule has 0 spiro atoms. The number of aromatic nitrogens is 3. The number of aliphatic hydroxyl groups is 1. The van der Waals surface area contributed by atoms with E-state index < -0.39 is 16.6 Å². The maximum atomic E-state index is 13.6. The van der Waals surface area contributed by atoms with Crippen molar-refractivity contribution >= 4 is 0 Å². The van der Waals surface area contributed by atoms with Crippen LogP contribution in [0.4, 0.5) is 0 Å². The smallest absolute Gasteiger partial charge is 0.196 e. The average Bonchev–Trinajstić information content (AvgIpc) is 4.09. The second-order valence-corrected chi connectivity index (χ2v) is 16.6. The fourth-order valence-electron chi connectivity index (χ4n) is 11.1. The maximum Gasteiger partial charge on any atom is 0.196 e. The molecule has 0 aliphatic heterocycles. The second-order valence-electron chi connectivity index (χ2n) is 16.6. The van der Waals surface area contributed by atoms with Gasteiger partial charge in [0.15, 0.2) is 5.72 Å². The van der Waals surface area contributed by atoms with Gasteiger partial charge in [0.05, 0.1) is 22.9 Å². The van der Waals surface area contributed by atoms with E-state index in [2.05, 4.69) is 175 Å². The Hall–Kier alpha value is -7.92. The first kappa shape index (κ1) is 36.9. The minimum Gasteiger partial charge on any atom is -0.363 e. The van der Waals surface area contributed by atoms with E-state index in [-0.39, 0.29) is 0 Å². The van der Waals surface area contributed by atoms with E-state index in [0.29, 0.717) is 0 Å². The molecule has 8 aromatic carbocycles. The topological polar surface area (TPSA) is 50.9 Å². The number of hydrogen-bond donors (Lipinski definition) is 1. The first-order valence-electron chi connectivity index (χ1n) is 21.5. The molecular formula is C59H41N3O. The van der Waals surface area contributed by atoms with Crippen molar-refractivity contribution in [1.29, 1.82) is 0 Å². The summed E-state index contributed by atoms with van der Waals surface area (Å²) in [6, 6.07) is 77.9. The van der Waals surface area contributed by atoms with Gasteiger partial charge in [0.2, 0.25) is 0 Å². The fourth-order valence-corrected chi connectivity index (χ4v) is 11.1. The number of benzene rings is 8. The molecule has 1 N–H and O–H groups in total. The Kier molecular flexibility index (Phi) is 8.40. The van der Waals surface area contributed by atoms with Gasteiger partial charge in [-0.1, -0.05) is 200 Å². The Morgan fingerprint density at radius 3 is 1.48 bits per heavy atom. The van der Waals surface area contributed by atoms with Crippen molar-refractivity contribution < 1.29 is 5.11 Å². The Morgan fingerprint density at radius 1 is 0.413 bits per heavy atom. The molecule has 298 valence electrons. The highest BCUT2D eigenvalue weighted by molar-refractivity contribution is 5.88. The number of imidazole rings is 1. The third-order valence-corrected chi connectivity index (χ3v) is 13.6. The molecule has 1 atom stereocenters. The summed E-state index contributed by atoms with van der Waals surface area (Å²) in [7, 11) is 0. The molecule has 0 fully saturated rings. The highest BCUT2D eigenvalue weighted by Gasteiger charge is 2.50. The zero-order valence-corrected chi connectivity index (χ0v) is 34.4. The van der Waals surface area contributed by atoms with Crippen LogP contribution in [0.3, 0.4) is 0 Å². The van der Waals surface area contributed by atoms with Gasteiger partial charge in [0, 0.05) is 29.7 Å². The molecule has 1 unspecified atom stereocenters. The molecule has 0 amide bonds. The lowest BCUT2D eigenvalue weighted by Gasteiger charge is -2.38. The average molecular weight is 808 g/mol. The van der Waals surface area contributed by atoms with Crippen LogP contribution in [0.2, 0.25) is 0 Å². The number of rotatable bonds is 8. The van der Waals surface area contributed by atoms with Crippen LogP contribution in [0, 0.1) is 0 Å². The second kappa shape index (κ2) is 14.3. The fraction of sp³-hybridized carbons (Fsp3) is 0.0508. The van der Waals surface area contributed by atoms with E-state index in [9.17, 15) is 5.11 Å². The van der Waals surface area contributed by atoms with Crippen LogP contribution in [-0.2, 0) is 16.6 Å². The van der Waals surface area contributed by atoms with E-state index >= 15 is 0 Å². The monoisotopic (exact) mass is 807 g/mol. The van der Waals surface area contributed by atoms with E-state index in [1.54, 1.807) is 12.5 Å². The molecule has 2 aliphatic carbocycles.